The second kappa shape index (κ2) is 30.5. The summed E-state index contributed by atoms with van der Waals surface area (Å²) in [5.41, 5.74) is 0. The number of carbonyl (C=O) groups is 3. The minimum atomic E-state index is -2.39. The van der Waals surface area contributed by atoms with E-state index in [2.05, 4.69) is 16.0 Å². The van der Waals surface area contributed by atoms with Crippen molar-refractivity contribution >= 4 is 17.7 Å². The van der Waals surface area contributed by atoms with Crippen molar-refractivity contribution < 1.29 is 173 Å². The third-order valence-corrected chi connectivity index (χ3v) is 15.7. The number of hydrogen-bond donors (Lipinski definition) is 22. The van der Waals surface area contributed by atoms with Crippen molar-refractivity contribution in [2.24, 2.45) is 0 Å². The summed E-state index contributed by atoms with van der Waals surface area (Å²) in [7, 11) is 0. The molecular formula is C48H81N3O35. The van der Waals surface area contributed by atoms with Gasteiger partial charge in [-0.1, -0.05) is 0 Å². The van der Waals surface area contributed by atoms with Gasteiger partial charge in [0.2, 0.25) is 17.7 Å². The van der Waals surface area contributed by atoms with Gasteiger partial charge in [0.25, 0.3) is 0 Å². The molecule has 7 aliphatic heterocycles. The predicted molar refractivity (Wildman–Crippen MR) is 265 cm³/mol. The lowest BCUT2D eigenvalue weighted by atomic mass is 9.93. The second-order valence-corrected chi connectivity index (χ2v) is 21.8. The van der Waals surface area contributed by atoms with E-state index in [1.165, 1.54) is 6.92 Å². The number of aliphatic hydroxyl groups is 19. The first-order valence-electron chi connectivity index (χ1n) is 27.5. The van der Waals surface area contributed by atoms with Crippen LogP contribution in [-0.4, -0.2) is 369 Å². The lowest BCUT2D eigenvalue weighted by molar-refractivity contribution is -0.394. The highest BCUT2D eigenvalue weighted by Gasteiger charge is 2.58. The Labute approximate surface area is 488 Å². The molecule has 0 aromatic rings. The molecule has 38 heteroatoms. The molecule has 0 aromatic carbocycles. The van der Waals surface area contributed by atoms with E-state index >= 15 is 0 Å². The second-order valence-electron chi connectivity index (χ2n) is 21.8. The molecule has 0 spiro atoms. The van der Waals surface area contributed by atoms with E-state index in [1.807, 2.05) is 0 Å². The number of amides is 3. The van der Waals surface area contributed by atoms with E-state index in [-0.39, 0.29) is 0 Å². The summed E-state index contributed by atoms with van der Waals surface area (Å²) in [5, 5.41) is 214. The highest BCUT2D eigenvalue weighted by atomic mass is 16.8. The summed E-state index contributed by atoms with van der Waals surface area (Å²) in [6, 6.07) is -5.23. The maximum Gasteiger partial charge on any atom is 0.217 e. The van der Waals surface area contributed by atoms with Gasteiger partial charge in [0, 0.05) is 20.8 Å². The lowest BCUT2D eigenvalue weighted by Gasteiger charge is -2.51. The van der Waals surface area contributed by atoms with Crippen LogP contribution >= 0.6 is 0 Å². The zero-order valence-corrected chi connectivity index (χ0v) is 46.5. The van der Waals surface area contributed by atoms with E-state index in [4.69, 9.17) is 61.6 Å². The molecule has 22 N–H and O–H groups in total. The molecule has 0 bridgehead atoms. The van der Waals surface area contributed by atoms with E-state index in [0.717, 1.165) is 20.8 Å². The topological polar surface area (TPSA) is 592 Å². The van der Waals surface area contributed by atoms with Crippen LogP contribution in [-0.2, 0) is 76.0 Å². The zero-order chi connectivity index (χ0) is 63.5. The predicted octanol–water partition coefficient (Wildman–Crippen LogP) is -14.8. The van der Waals surface area contributed by atoms with Crippen molar-refractivity contribution in [2.45, 2.75) is 242 Å². The quantitative estimate of drug-likeness (QED) is 0.0507. The number of nitrogens with one attached hydrogen (secondary N) is 3. The minimum absolute atomic E-state index is 0.770. The molecule has 498 valence electrons. The fraction of sp³-hybridized carbons (Fsp3) is 0.938. The van der Waals surface area contributed by atoms with Crippen molar-refractivity contribution in [1.82, 2.24) is 16.0 Å². The highest BCUT2D eigenvalue weighted by Crippen LogP contribution is 2.37. The average molecular weight is 1260 g/mol. The molecule has 7 aliphatic rings. The van der Waals surface area contributed by atoms with Gasteiger partial charge in [0.15, 0.2) is 44.0 Å². The van der Waals surface area contributed by atoms with Gasteiger partial charge < -0.3 is 175 Å². The summed E-state index contributed by atoms with van der Waals surface area (Å²) >= 11 is 0. The molecule has 0 aliphatic carbocycles. The maximum atomic E-state index is 12.9. The Morgan fingerprint density at radius 3 is 1.26 bits per heavy atom. The highest BCUT2D eigenvalue weighted by molar-refractivity contribution is 5.74. The van der Waals surface area contributed by atoms with Gasteiger partial charge in [-0.3, -0.25) is 14.4 Å². The largest absolute Gasteiger partial charge is 0.394 e. The summed E-state index contributed by atoms with van der Waals surface area (Å²) in [4.78, 5) is 37.4. The summed E-state index contributed by atoms with van der Waals surface area (Å²) < 4.78 is 75.7. The van der Waals surface area contributed by atoms with E-state index in [9.17, 15) is 111 Å². The SMILES string of the molecule is CC(=O)N[C@H]1[C@H](O[C@H]2[C@H](O)[C@@H](NC(C)=O)C(O)O[C@@H]2CO[C@H]2O[C@H](C)[C@H](O)[C@H](O)[C@H]2O)O[C@H](CO)[C@@H](O[C@@H]2O[C@H](CO[C@H]3O[C@H](CO)[C@@H](O)[C@H](O)[C@@H]3O)[C@@H](O)[C@H](O[C@H]3O[C@H](CO)[C@@H](O)[C@H](O)[C@@H]3O[C@@H]3O[C@H](CO)[C@@H](O)[C@H](O)[C@H]3NC(C)=O)[C@@H]2O)[C@@H]1O. The Morgan fingerprint density at radius 2 is 0.709 bits per heavy atom. The Kier molecular flexibility index (Phi) is 25.0. The third-order valence-electron chi connectivity index (χ3n) is 15.7. The molecule has 7 rings (SSSR count). The molecule has 0 saturated carbocycles. The summed E-state index contributed by atoms with van der Waals surface area (Å²) in [6.07, 6.45) is -61.5. The van der Waals surface area contributed by atoms with Crippen LogP contribution in [0.3, 0.4) is 0 Å². The van der Waals surface area contributed by atoms with Crippen molar-refractivity contribution in [2.75, 3.05) is 39.6 Å². The molecule has 3 amide bonds. The number of ether oxygens (including phenoxy) is 13. The van der Waals surface area contributed by atoms with Crippen LogP contribution in [0.4, 0.5) is 0 Å². The van der Waals surface area contributed by atoms with Gasteiger partial charge in [-0.2, -0.15) is 0 Å². The lowest BCUT2D eigenvalue weighted by Crippen LogP contribution is -2.70. The fourth-order valence-corrected chi connectivity index (χ4v) is 10.9. The molecule has 7 heterocycles. The van der Waals surface area contributed by atoms with Crippen LogP contribution in [0.15, 0.2) is 0 Å². The van der Waals surface area contributed by atoms with Crippen LogP contribution in [0.25, 0.3) is 0 Å². The number of aliphatic hydroxyl groups excluding tert-OH is 19. The molecule has 86 heavy (non-hydrogen) atoms. The van der Waals surface area contributed by atoms with Gasteiger partial charge >= 0.3 is 0 Å². The van der Waals surface area contributed by atoms with Crippen LogP contribution < -0.4 is 16.0 Å². The normalized spacial score (nSPS) is 49.4. The van der Waals surface area contributed by atoms with Crippen LogP contribution in [0, 0.1) is 0 Å². The zero-order valence-electron chi connectivity index (χ0n) is 46.5. The van der Waals surface area contributed by atoms with Gasteiger partial charge in [0.1, 0.15) is 165 Å². The van der Waals surface area contributed by atoms with Gasteiger partial charge in [-0.25, -0.2) is 0 Å². The van der Waals surface area contributed by atoms with E-state index in [0.29, 0.717) is 0 Å². The number of rotatable bonds is 21. The number of hydrogen-bond acceptors (Lipinski definition) is 35. The molecule has 7 fully saturated rings. The molecule has 0 radical (unpaired) electrons. The van der Waals surface area contributed by atoms with Crippen LogP contribution in [0.1, 0.15) is 27.7 Å². The van der Waals surface area contributed by atoms with Gasteiger partial charge in [-0.05, 0) is 6.92 Å². The molecule has 38 nitrogen and oxygen atoms in total. The van der Waals surface area contributed by atoms with Gasteiger partial charge in [0.05, 0.1) is 45.7 Å². The molecule has 1 unspecified atom stereocenters. The van der Waals surface area contributed by atoms with Crippen molar-refractivity contribution in [1.29, 1.82) is 0 Å². The fourth-order valence-electron chi connectivity index (χ4n) is 10.9. The maximum absolute atomic E-state index is 12.9. The first-order valence-corrected chi connectivity index (χ1v) is 27.5. The number of carbonyl (C=O) groups excluding carboxylic acids is 3. The first-order chi connectivity index (χ1) is 40.6. The van der Waals surface area contributed by atoms with Crippen molar-refractivity contribution in [3.05, 3.63) is 0 Å². The Hall–Kier alpha value is -2.87. The van der Waals surface area contributed by atoms with Gasteiger partial charge in [-0.15, -0.1) is 0 Å². The Balaban J connectivity index is 1.19. The summed E-state index contributed by atoms with van der Waals surface area (Å²) in [5.74, 6) is -2.49. The molecule has 0 aromatic heterocycles. The third kappa shape index (κ3) is 15.5. The standard InChI is InChI=1S/C48H81N3O35/c1-11-24(59)32(67)35(70)45(76-11)75-10-20-39(30(65)21(42(73)77-20)49-12(2)56)83-44-23(51-14(4)58)31(66)38(18(8-55)81-44)84-47-37(72)40(28(63)19(82-47)9-74-46-36(71)33(68)26(61)16(6-53)79-46)85-48-41(34(69)27(62)17(7-54)80-48)86-43-22(50-13(3)57)29(64)25(60)15(5-52)78-43/h11,15-48,52-55,59-73H,5-10H2,1-4H3,(H,49,56)(H,50,57)(H,51,58)/t11-,15-,16-,17-,18-,19-,20-,21-,22-,23-,24+,25-,26-,27-,28-,29-,30-,31-,32+,33+,34+,35-,36+,37+,38-,39-,40+,41+,42?,43+,44+,45+,46+,47+,48-/m1/s1. The van der Waals surface area contributed by atoms with Crippen molar-refractivity contribution in [3.8, 4) is 0 Å². The first kappa shape index (κ1) is 70.6. The Bertz CT molecular complexity index is 2170. The molecular weight excluding hydrogens is 1180 g/mol. The molecule has 35 atom stereocenters. The smallest absolute Gasteiger partial charge is 0.217 e. The van der Waals surface area contributed by atoms with E-state index in [1.54, 1.807) is 0 Å². The van der Waals surface area contributed by atoms with E-state index < -0.39 is 272 Å². The minimum Gasteiger partial charge on any atom is -0.394 e. The monoisotopic (exact) mass is 1260 g/mol. The summed E-state index contributed by atoms with van der Waals surface area (Å²) in [6.45, 7) is -1.41. The Morgan fingerprint density at radius 1 is 0.326 bits per heavy atom. The van der Waals surface area contributed by atoms with Crippen LogP contribution in [0.2, 0.25) is 0 Å². The molecule has 7 saturated heterocycles. The van der Waals surface area contributed by atoms with Crippen molar-refractivity contribution in [3.63, 3.8) is 0 Å². The average Bonchev–Trinajstić information content (AvgIpc) is 0.919. The van der Waals surface area contributed by atoms with Crippen LogP contribution in [0.5, 0.6) is 0 Å².